The predicted octanol–water partition coefficient (Wildman–Crippen LogP) is 5.72. The van der Waals surface area contributed by atoms with Crippen molar-refractivity contribution >= 4 is 11.7 Å². The van der Waals surface area contributed by atoms with Crippen LogP contribution in [0.1, 0.15) is 12.5 Å². The summed E-state index contributed by atoms with van der Waals surface area (Å²) in [6.07, 6.45) is 2.11. The molecule has 0 saturated heterocycles. The molecule has 1 N–H and O–H groups in total. The lowest BCUT2D eigenvalue weighted by Gasteiger charge is -2.12. The predicted molar refractivity (Wildman–Crippen MR) is 112 cm³/mol. The SMILES string of the molecule is C=CC(=O)Oc1ccc(-c2ccc(-c3ccc(NC)cc3)c(CC)c2)cc1. The fraction of sp³-hybridized carbons (Fsp3) is 0.125. The highest BCUT2D eigenvalue weighted by molar-refractivity contribution is 5.83. The minimum absolute atomic E-state index is 0.454. The van der Waals surface area contributed by atoms with Crippen molar-refractivity contribution in [2.75, 3.05) is 12.4 Å². The van der Waals surface area contributed by atoms with Crippen LogP contribution in [0.4, 0.5) is 5.69 Å². The van der Waals surface area contributed by atoms with Gasteiger partial charge in [0.25, 0.3) is 0 Å². The summed E-state index contributed by atoms with van der Waals surface area (Å²) in [4.78, 5) is 11.3. The van der Waals surface area contributed by atoms with Crippen LogP contribution in [0.5, 0.6) is 5.75 Å². The number of carbonyl (C=O) groups is 1. The third-order valence-corrected chi connectivity index (χ3v) is 4.54. The zero-order valence-corrected chi connectivity index (χ0v) is 15.7. The Kier molecular flexibility index (Phi) is 5.72. The Balaban J connectivity index is 1.89. The summed E-state index contributed by atoms with van der Waals surface area (Å²) in [5.74, 6) is 0.0604. The molecule has 0 radical (unpaired) electrons. The lowest BCUT2D eigenvalue weighted by atomic mass is 9.93. The second-order valence-electron chi connectivity index (χ2n) is 6.20. The van der Waals surface area contributed by atoms with E-state index in [9.17, 15) is 4.79 Å². The number of aryl methyl sites for hydroxylation is 1. The Morgan fingerprint density at radius 2 is 1.59 bits per heavy atom. The molecule has 0 aliphatic heterocycles. The standard InChI is InChI=1S/C24H23NO2/c1-4-17-16-20(18-8-13-22(14-9-18)27-24(26)5-2)10-15-23(17)19-6-11-21(25-3)12-7-19/h5-16,25H,2,4H2,1,3H3. The van der Waals surface area contributed by atoms with Gasteiger partial charge in [0.15, 0.2) is 0 Å². The van der Waals surface area contributed by atoms with Crippen molar-refractivity contribution in [2.24, 2.45) is 0 Å². The Labute approximate surface area is 160 Å². The van der Waals surface area contributed by atoms with Crippen molar-refractivity contribution in [3.8, 4) is 28.0 Å². The van der Waals surface area contributed by atoms with Crippen molar-refractivity contribution in [1.29, 1.82) is 0 Å². The summed E-state index contributed by atoms with van der Waals surface area (Å²) in [7, 11) is 1.92. The number of benzene rings is 3. The molecule has 27 heavy (non-hydrogen) atoms. The number of rotatable bonds is 6. The van der Waals surface area contributed by atoms with Gasteiger partial charge in [-0.05, 0) is 58.5 Å². The molecule has 0 bridgehead atoms. The van der Waals surface area contributed by atoms with E-state index in [0.29, 0.717) is 5.75 Å². The monoisotopic (exact) mass is 357 g/mol. The van der Waals surface area contributed by atoms with E-state index in [4.69, 9.17) is 4.74 Å². The molecule has 3 heteroatoms. The number of anilines is 1. The number of carbonyl (C=O) groups excluding carboxylic acids is 1. The van der Waals surface area contributed by atoms with Gasteiger partial charge in [-0.25, -0.2) is 4.79 Å². The van der Waals surface area contributed by atoms with Gasteiger partial charge in [0.1, 0.15) is 5.75 Å². The third kappa shape index (κ3) is 4.26. The number of esters is 1. The molecular weight excluding hydrogens is 334 g/mol. The molecule has 0 heterocycles. The molecule has 0 aromatic heterocycles. The number of hydrogen-bond acceptors (Lipinski definition) is 3. The minimum atomic E-state index is -0.454. The second kappa shape index (κ2) is 8.37. The summed E-state index contributed by atoms with van der Waals surface area (Å²) in [5, 5.41) is 3.15. The molecule has 0 aliphatic carbocycles. The van der Waals surface area contributed by atoms with Crippen molar-refractivity contribution in [3.63, 3.8) is 0 Å². The first kappa shape index (κ1) is 18.5. The van der Waals surface area contributed by atoms with E-state index in [1.165, 1.54) is 16.7 Å². The van der Waals surface area contributed by atoms with Crippen molar-refractivity contribution in [1.82, 2.24) is 0 Å². The zero-order valence-electron chi connectivity index (χ0n) is 15.7. The normalized spacial score (nSPS) is 10.3. The topological polar surface area (TPSA) is 38.3 Å². The first-order valence-electron chi connectivity index (χ1n) is 9.00. The summed E-state index contributed by atoms with van der Waals surface area (Å²) in [5.41, 5.74) is 7.09. The van der Waals surface area contributed by atoms with Gasteiger partial charge in [-0.3, -0.25) is 0 Å². The summed E-state index contributed by atoms with van der Waals surface area (Å²) in [6, 6.07) is 22.5. The van der Waals surface area contributed by atoms with Crippen LogP contribution in [0.2, 0.25) is 0 Å². The highest BCUT2D eigenvalue weighted by Gasteiger charge is 2.08. The van der Waals surface area contributed by atoms with Crippen LogP contribution < -0.4 is 10.1 Å². The maximum absolute atomic E-state index is 11.3. The van der Waals surface area contributed by atoms with Crippen LogP contribution in [-0.2, 0) is 11.2 Å². The quantitative estimate of drug-likeness (QED) is 0.348. The zero-order chi connectivity index (χ0) is 19.2. The van der Waals surface area contributed by atoms with Crippen LogP contribution >= 0.6 is 0 Å². The average molecular weight is 357 g/mol. The lowest BCUT2D eigenvalue weighted by Crippen LogP contribution is -2.02. The minimum Gasteiger partial charge on any atom is -0.423 e. The molecule has 0 fully saturated rings. The average Bonchev–Trinajstić information content (AvgIpc) is 2.73. The molecular formula is C24H23NO2. The van der Waals surface area contributed by atoms with Crippen molar-refractivity contribution in [3.05, 3.63) is 84.9 Å². The van der Waals surface area contributed by atoms with Gasteiger partial charge >= 0.3 is 5.97 Å². The molecule has 136 valence electrons. The molecule has 3 rings (SSSR count). The number of ether oxygens (including phenoxy) is 1. The molecule has 0 amide bonds. The van der Waals surface area contributed by atoms with Gasteiger partial charge in [0.2, 0.25) is 0 Å². The Hall–Kier alpha value is -3.33. The fourth-order valence-corrected chi connectivity index (χ4v) is 3.04. The maximum atomic E-state index is 11.3. The highest BCUT2D eigenvalue weighted by Crippen LogP contribution is 2.31. The van der Waals surface area contributed by atoms with Crippen LogP contribution in [-0.4, -0.2) is 13.0 Å². The van der Waals surface area contributed by atoms with E-state index in [0.717, 1.165) is 29.3 Å². The Morgan fingerprint density at radius 1 is 0.963 bits per heavy atom. The number of hydrogen-bond donors (Lipinski definition) is 1. The highest BCUT2D eigenvalue weighted by atomic mass is 16.5. The van der Waals surface area contributed by atoms with Gasteiger partial charge < -0.3 is 10.1 Å². The molecule has 0 spiro atoms. The largest absolute Gasteiger partial charge is 0.423 e. The lowest BCUT2D eigenvalue weighted by molar-refractivity contribution is -0.128. The van der Waals surface area contributed by atoms with E-state index >= 15 is 0 Å². The Morgan fingerprint density at radius 3 is 2.19 bits per heavy atom. The van der Waals surface area contributed by atoms with Crippen molar-refractivity contribution in [2.45, 2.75) is 13.3 Å². The van der Waals surface area contributed by atoms with Gasteiger partial charge in [-0.2, -0.15) is 0 Å². The van der Waals surface area contributed by atoms with Crippen LogP contribution in [0.3, 0.4) is 0 Å². The van der Waals surface area contributed by atoms with E-state index in [1.54, 1.807) is 12.1 Å². The summed E-state index contributed by atoms with van der Waals surface area (Å²) >= 11 is 0. The molecule has 0 saturated carbocycles. The van der Waals surface area contributed by atoms with Crippen molar-refractivity contribution < 1.29 is 9.53 Å². The fourth-order valence-electron chi connectivity index (χ4n) is 3.04. The summed E-state index contributed by atoms with van der Waals surface area (Å²) in [6.45, 7) is 5.57. The first-order chi connectivity index (χ1) is 13.1. The third-order valence-electron chi connectivity index (χ3n) is 4.54. The maximum Gasteiger partial charge on any atom is 0.335 e. The Bertz CT molecular complexity index is 941. The number of nitrogens with one attached hydrogen (secondary N) is 1. The molecule has 3 aromatic rings. The van der Waals surface area contributed by atoms with Gasteiger partial charge in [-0.15, -0.1) is 0 Å². The van der Waals surface area contributed by atoms with Crippen LogP contribution in [0, 0.1) is 0 Å². The molecule has 3 nitrogen and oxygen atoms in total. The molecule has 0 unspecified atom stereocenters. The van der Waals surface area contributed by atoms with Gasteiger partial charge in [-0.1, -0.05) is 56.0 Å². The van der Waals surface area contributed by atoms with E-state index in [1.807, 2.05) is 19.2 Å². The second-order valence-corrected chi connectivity index (χ2v) is 6.20. The van der Waals surface area contributed by atoms with E-state index < -0.39 is 5.97 Å². The van der Waals surface area contributed by atoms with Gasteiger partial charge in [0, 0.05) is 18.8 Å². The van der Waals surface area contributed by atoms with E-state index in [-0.39, 0.29) is 0 Å². The molecule has 3 aromatic carbocycles. The first-order valence-corrected chi connectivity index (χ1v) is 9.00. The molecule has 0 atom stereocenters. The van der Waals surface area contributed by atoms with Gasteiger partial charge in [0.05, 0.1) is 0 Å². The summed E-state index contributed by atoms with van der Waals surface area (Å²) < 4.78 is 5.13. The van der Waals surface area contributed by atoms with E-state index in [2.05, 4.69) is 61.3 Å². The van der Waals surface area contributed by atoms with Crippen LogP contribution in [0.25, 0.3) is 22.3 Å². The smallest absolute Gasteiger partial charge is 0.335 e. The molecule has 0 aliphatic rings. The van der Waals surface area contributed by atoms with Crippen LogP contribution in [0.15, 0.2) is 79.4 Å².